The summed E-state index contributed by atoms with van der Waals surface area (Å²) in [6.45, 7) is 14.5. The number of carbonyl (C=O) groups is 2. The molecule has 1 amide bonds. The number of fused-ring (bicyclic) bond motifs is 3. The van der Waals surface area contributed by atoms with Crippen LogP contribution in [0.4, 0.5) is 4.79 Å². The van der Waals surface area contributed by atoms with E-state index in [0.717, 1.165) is 83.2 Å². The molecule has 3 aromatic carbocycles. The molecule has 0 saturated carbocycles. The van der Waals surface area contributed by atoms with E-state index in [1.54, 1.807) is 12.1 Å². The lowest BCUT2D eigenvalue weighted by Gasteiger charge is -2.39. The molecular formula is C43H50N4O7. The van der Waals surface area contributed by atoms with Gasteiger partial charge in [-0.25, -0.2) is 4.79 Å². The predicted octanol–water partition coefficient (Wildman–Crippen LogP) is 6.49. The van der Waals surface area contributed by atoms with Gasteiger partial charge >= 0.3 is 6.09 Å². The Morgan fingerprint density at radius 3 is 1.98 bits per heavy atom. The zero-order valence-corrected chi connectivity index (χ0v) is 31.9. The number of nitrogens with zero attached hydrogens (tertiary/aromatic N) is 4. The van der Waals surface area contributed by atoms with Crippen LogP contribution in [-0.4, -0.2) is 75.8 Å². The number of carbonyl (C=O) groups excluding carboxylic acids is 2. The molecule has 0 aliphatic carbocycles. The Balaban J connectivity index is 0.000000276. The van der Waals surface area contributed by atoms with E-state index in [1.165, 1.54) is 16.2 Å². The van der Waals surface area contributed by atoms with Crippen LogP contribution in [0.3, 0.4) is 0 Å². The molecule has 0 N–H and O–H groups in total. The van der Waals surface area contributed by atoms with Crippen molar-refractivity contribution in [2.75, 3.05) is 32.8 Å². The lowest BCUT2D eigenvalue weighted by atomic mass is 10.0. The summed E-state index contributed by atoms with van der Waals surface area (Å²) in [4.78, 5) is 52.2. The lowest BCUT2D eigenvalue weighted by molar-refractivity contribution is -0.108. The summed E-state index contributed by atoms with van der Waals surface area (Å²) in [6, 6.07) is 24.8. The lowest BCUT2D eigenvalue weighted by Crippen LogP contribution is -2.49. The highest BCUT2D eigenvalue weighted by Crippen LogP contribution is 2.32. The SMILES string of the molecule is Cc1ccc2c(ccc(=O)n2CC=O)c1.Cc1ccc2c(ccc(=O)n2CCN2CCC(N(Cc3ccc4c(c3)OCCO4)C(=O)OC(C)(C)C)CC2)c1. The zero-order chi connectivity index (χ0) is 38.4. The monoisotopic (exact) mass is 734 g/mol. The fourth-order valence-corrected chi connectivity index (χ4v) is 7.08. The maximum absolute atomic E-state index is 13.3. The second-order valence-corrected chi connectivity index (χ2v) is 15.1. The number of likely N-dealkylation sites (tertiary alicyclic amines) is 1. The van der Waals surface area contributed by atoms with E-state index in [4.69, 9.17) is 14.2 Å². The van der Waals surface area contributed by atoms with Crippen molar-refractivity contribution in [3.8, 4) is 11.5 Å². The Bertz CT molecular complexity index is 2250. The van der Waals surface area contributed by atoms with Gasteiger partial charge in [0.1, 0.15) is 25.1 Å². The first kappa shape index (κ1) is 38.3. The van der Waals surface area contributed by atoms with Crippen LogP contribution < -0.4 is 20.6 Å². The van der Waals surface area contributed by atoms with Crippen LogP contribution in [0, 0.1) is 13.8 Å². The number of ether oxygens (including phenoxy) is 3. The Hall–Kier alpha value is -5.42. The normalized spacial score (nSPS) is 14.7. The second kappa shape index (κ2) is 16.7. The summed E-state index contributed by atoms with van der Waals surface area (Å²) in [6.07, 6.45) is 2.12. The summed E-state index contributed by atoms with van der Waals surface area (Å²) >= 11 is 0. The van der Waals surface area contributed by atoms with Crippen molar-refractivity contribution in [2.45, 2.75) is 78.7 Å². The van der Waals surface area contributed by atoms with Crippen LogP contribution in [0.15, 0.2) is 88.5 Å². The highest BCUT2D eigenvalue weighted by atomic mass is 16.6. The van der Waals surface area contributed by atoms with E-state index in [2.05, 4.69) is 24.0 Å². The van der Waals surface area contributed by atoms with Crippen molar-refractivity contribution in [3.63, 3.8) is 0 Å². The third-order valence-corrected chi connectivity index (χ3v) is 9.77. The molecule has 0 unspecified atom stereocenters. The average molecular weight is 735 g/mol. The van der Waals surface area contributed by atoms with Gasteiger partial charge in [0.15, 0.2) is 11.5 Å². The quantitative estimate of drug-likeness (QED) is 0.166. The standard InChI is InChI=1S/C31H39N3O5.C12H11NO2/c1-22-5-8-26-24(19-22)7-10-29(35)33(26)16-15-32-13-11-25(12-14-32)34(30(36)39-31(2,3)4)21-23-6-9-27-28(20-23)38-18-17-37-27;1-9-2-4-11-10(8-9)3-5-12(15)13(11)6-7-14/h5-10,19-20,25H,11-18,21H2,1-4H3;2-5,7-8H,6H2,1H3. The van der Waals surface area contributed by atoms with Crippen molar-refractivity contribution < 1.29 is 23.8 Å². The largest absolute Gasteiger partial charge is 0.486 e. The van der Waals surface area contributed by atoms with Gasteiger partial charge in [0.2, 0.25) is 0 Å². The summed E-state index contributed by atoms with van der Waals surface area (Å²) in [5, 5.41) is 2.07. The summed E-state index contributed by atoms with van der Waals surface area (Å²) < 4.78 is 20.6. The number of hydrogen-bond donors (Lipinski definition) is 0. The van der Waals surface area contributed by atoms with Crippen molar-refractivity contribution in [1.82, 2.24) is 18.9 Å². The van der Waals surface area contributed by atoms with Crippen molar-refractivity contribution in [1.29, 1.82) is 0 Å². The van der Waals surface area contributed by atoms with E-state index in [1.807, 2.05) is 85.7 Å². The molecule has 7 rings (SSSR count). The van der Waals surface area contributed by atoms with E-state index < -0.39 is 5.60 Å². The molecule has 11 nitrogen and oxygen atoms in total. The molecule has 0 spiro atoms. The summed E-state index contributed by atoms with van der Waals surface area (Å²) in [5.41, 5.74) is 4.39. The Morgan fingerprint density at radius 1 is 0.778 bits per heavy atom. The number of piperidine rings is 1. The number of hydrogen-bond acceptors (Lipinski definition) is 8. The smallest absolute Gasteiger partial charge is 0.410 e. The number of aldehydes is 1. The predicted molar refractivity (Wildman–Crippen MR) is 211 cm³/mol. The molecule has 2 aliphatic rings. The van der Waals surface area contributed by atoms with Gasteiger partial charge < -0.3 is 37.9 Å². The first-order valence-electron chi connectivity index (χ1n) is 18.6. The number of amides is 1. The van der Waals surface area contributed by atoms with E-state index in [0.29, 0.717) is 26.3 Å². The number of aromatic nitrogens is 2. The Kier molecular flexibility index (Phi) is 11.9. The molecule has 11 heteroatoms. The highest BCUT2D eigenvalue weighted by Gasteiger charge is 2.31. The average Bonchev–Trinajstić information content (AvgIpc) is 3.14. The minimum absolute atomic E-state index is 0.0248. The van der Waals surface area contributed by atoms with Crippen LogP contribution in [0.5, 0.6) is 11.5 Å². The number of benzene rings is 3. The van der Waals surface area contributed by atoms with Gasteiger partial charge in [0.25, 0.3) is 11.1 Å². The molecule has 0 radical (unpaired) electrons. The molecule has 284 valence electrons. The first-order chi connectivity index (χ1) is 25.9. The van der Waals surface area contributed by atoms with Gasteiger partial charge in [0, 0.05) is 50.9 Å². The fourth-order valence-electron chi connectivity index (χ4n) is 7.08. The maximum atomic E-state index is 13.3. The molecule has 2 aliphatic heterocycles. The molecular weight excluding hydrogens is 684 g/mol. The van der Waals surface area contributed by atoms with E-state index in [-0.39, 0.29) is 29.8 Å². The molecule has 0 bridgehead atoms. The van der Waals surface area contributed by atoms with E-state index in [9.17, 15) is 19.2 Å². The van der Waals surface area contributed by atoms with Gasteiger partial charge in [-0.15, -0.1) is 0 Å². The van der Waals surface area contributed by atoms with Crippen LogP contribution in [0.1, 0.15) is 50.3 Å². The zero-order valence-electron chi connectivity index (χ0n) is 31.9. The highest BCUT2D eigenvalue weighted by molar-refractivity contribution is 5.81. The Morgan fingerprint density at radius 2 is 1.37 bits per heavy atom. The van der Waals surface area contributed by atoms with Crippen molar-refractivity contribution in [3.05, 3.63) is 116 Å². The topological polar surface area (TPSA) is 112 Å². The van der Waals surface area contributed by atoms with Crippen LogP contribution in [0.25, 0.3) is 21.8 Å². The molecule has 4 heterocycles. The third-order valence-electron chi connectivity index (χ3n) is 9.77. The minimum atomic E-state index is -0.576. The van der Waals surface area contributed by atoms with Crippen molar-refractivity contribution in [2.24, 2.45) is 0 Å². The summed E-state index contributed by atoms with van der Waals surface area (Å²) in [5.74, 6) is 1.46. The molecule has 2 aromatic heterocycles. The summed E-state index contributed by atoms with van der Waals surface area (Å²) in [7, 11) is 0. The molecule has 5 aromatic rings. The number of rotatable bonds is 8. The first-order valence-corrected chi connectivity index (χ1v) is 18.6. The molecule has 0 atom stereocenters. The minimum Gasteiger partial charge on any atom is -0.486 e. The van der Waals surface area contributed by atoms with Gasteiger partial charge in [-0.05, 0) is 112 Å². The Labute approximate surface area is 315 Å². The fraction of sp³-hybridized carbons (Fsp3) is 0.395. The maximum Gasteiger partial charge on any atom is 0.410 e. The van der Waals surface area contributed by atoms with E-state index >= 15 is 0 Å². The molecule has 1 saturated heterocycles. The molecule has 1 fully saturated rings. The number of aryl methyl sites for hydroxylation is 2. The number of pyridine rings is 2. The van der Waals surface area contributed by atoms with Crippen LogP contribution in [0.2, 0.25) is 0 Å². The van der Waals surface area contributed by atoms with Gasteiger partial charge in [-0.3, -0.25) is 9.59 Å². The van der Waals surface area contributed by atoms with Gasteiger partial charge in [0.05, 0.1) is 17.6 Å². The van der Waals surface area contributed by atoms with Crippen molar-refractivity contribution >= 4 is 34.2 Å². The van der Waals surface area contributed by atoms with Gasteiger partial charge in [-0.2, -0.15) is 0 Å². The van der Waals surface area contributed by atoms with Gasteiger partial charge in [-0.1, -0.05) is 29.3 Å². The molecule has 54 heavy (non-hydrogen) atoms. The third kappa shape index (κ3) is 9.38. The van der Waals surface area contributed by atoms with Crippen LogP contribution in [-0.2, 0) is 29.2 Å². The second-order valence-electron chi connectivity index (χ2n) is 15.1. The van der Waals surface area contributed by atoms with Crippen LogP contribution >= 0.6 is 0 Å².